The lowest BCUT2D eigenvalue weighted by Crippen LogP contribution is -2.19. The fourth-order valence-corrected chi connectivity index (χ4v) is 2.92. The summed E-state index contributed by atoms with van der Waals surface area (Å²) in [5, 5.41) is 0. The predicted octanol–water partition coefficient (Wildman–Crippen LogP) is 0.762. The summed E-state index contributed by atoms with van der Waals surface area (Å²) in [5.41, 5.74) is 0.150. The normalized spacial score (nSPS) is 18.1. The van der Waals surface area contributed by atoms with Crippen LogP contribution in [0.25, 0.3) is 0 Å². The molecule has 0 unspecified atom stereocenters. The van der Waals surface area contributed by atoms with Crippen molar-refractivity contribution in [3.05, 3.63) is 34.7 Å². The van der Waals surface area contributed by atoms with Crippen LogP contribution in [0.2, 0.25) is 0 Å². The summed E-state index contributed by atoms with van der Waals surface area (Å²) in [6.07, 6.45) is -0.386. The van der Waals surface area contributed by atoms with Gasteiger partial charge in [-0.05, 0) is 6.07 Å². The molecule has 0 bridgehead atoms. The highest BCUT2D eigenvalue weighted by atomic mass is 32.2. The van der Waals surface area contributed by atoms with Crippen molar-refractivity contribution in [3.8, 4) is 0 Å². The Kier molecular flexibility index (Phi) is 2.07. The van der Waals surface area contributed by atoms with Gasteiger partial charge in [-0.1, -0.05) is 18.2 Å². The molecule has 0 fully saturated rings. The third-order valence-electron chi connectivity index (χ3n) is 2.24. The van der Waals surface area contributed by atoms with E-state index in [9.17, 15) is 18.0 Å². The van der Waals surface area contributed by atoms with E-state index in [0.717, 1.165) is 0 Å². The maximum Gasteiger partial charge on any atom is 0.214 e. The molecule has 0 atom stereocenters. The van der Waals surface area contributed by atoms with E-state index in [-0.39, 0.29) is 22.7 Å². The predicted molar refractivity (Wildman–Crippen MR) is 51.8 cm³/mol. The summed E-state index contributed by atoms with van der Waals surface area (Å²) in [4.78, 5) is 21.3. The zero-order valence-electron chi connectivity index (χ0n) is 7.56. The molecule has 0 aliphatic carbocycles. The first-order valence-electron chi connectivity index (χ1n) is 4.18. The molecule has 76 valence electrons. The van der Waals surface area contributed by atoms with Gasteiger partial charge in [-0.15, -0.1) is 0 Å². The SMILES string of the molecule is O=C=C1CC(=O)c2ccccc2S1(=O)=O. The Morgan fingerprint density at radius 3 is 2.53 bits per heavy atom. The van der Waals surface area contributed by atoms with E-state index in [4.69, 9.17) is 0 Å². The lowest BCUT2D eigenvalue weighted by Gasteiger charge is -2.14. The minimum absolute atomic E-state index is 0.0976. The largest absolute Gasteiger partial charge is 0.294 e. The number of allylic oxidation sites excluding steroid dienone is 1. The monoisotopic (exact) mass is 222 g/mol. The van der Waals surface area contributed by atoms with Crippen LogP contribution in [-0.4, -0.2) is 20.1 Å². The molecule has 4 nitrogen and oxygen atoms in total. The number of carbonyl (C=O) groups is 1. The van der Waals surface area contributed by atoms with Crippen LogP contribution in [0.4, 0.5) is 0 Å². The molecule has 5 heteroatoms. The van der Waals surface area contributed by atoms with Gasteiger partial charge in [0.05, 0.1) is 11.3 Å². The van der Waals surface area contributed by atoms with Gasteiger partial charge in [-0.2, -0.15) is 0 Å². The minimum atomic E-state index is -3.79. The van der Waals surface area contributed by atoms with Crippen molar-refractivity contribution < 1.29 is 18.0 Å². The van der Waals surface area contributed by atoms with Gasteiger partial charge in [0.1, 0.15) is 10.8 Å². The number of fused-ring (bicyclic) bond motifs is 1. The van der Waals surface area contributed by atoms with E-state index >= 15 is 0 Å². The van der Waals surface area contributed by atoms with Crippen molar-refractivity contribution in [3.63, 3.8) is 0 Å². The van der Waals surface area contributed by atoms with Gasteiger partial charge in [0, 0.05) is 5.56 Å². The molecule has 0 amide bonds. The summed E-state index contributed by atoms with van der Waals surface area (Å²) in [6, 6.07) is 5.86. The lowest BCUT2D eigenvalue weighted by atomic mass is 10.1. The Labute approximate surface area is 86.1 Å². The number of rotatable bonds is 0. The van der Waals surface area contributed by atoms with Crippen LogP contribution < -0.4 is 0 Å². The highest BCUT2D eigenvalue weighted by molar-refractivity contribution is 7.95. The van der Waals surface area contributed by atoms with Crippen molar-refractivity contribution in [2.75, 3.05) is 0 Å². The smallest absolute Gasteiger partial charge is 0.214 e. The topological polar surface area (TPSA) is 68.3 Å². The highest BCUT2D eigenvalue weighted by Crippen LogP contribution is 2.30. The average molecular weight is 222 g/mol. The van der Waals surface area contributed by atoms with E-state index in [1.54, 1.807) is 6.07 Å². The molecule has 0 saturated heterocycles. The fourth-order valence-electron chi connectivity index (χ4n) is 1.49. The van der Waals surface area contributed by atoms with Crippen molar-refractivity contribution >= 4 is 21.6 Å². The number of ketones is 1. The molecule has 0 N–H and O–H groups in total. The van der Waals surface area contributed by atoms with E-state index in [0.29, 0.717) is 0 Å². The van der Waals surface area contributed by atoms with Gasteiger partial charge >= 0.3 is 0 Å². The van der Waals surface area contributed by atoms with Crippen LogP contribution in [0, 0.1) is 0 Å². The molecule has 1 aromatic rings. The molecule has 2 rings (SSSR count). The Hall–Kier alpha value is -1.71. The number of hydrogen-bond acceptors (Lipinski definition) is 4. The minimum Gasteiger partial charge on any atom is -0.294 e. The summed E-state index contributed by atoms with van der Waals surface area (Å²) in [5.74, 6) is 0.961. The van der Waals surface area contributed by atoms with Crippen molar-refractivity contribution in [1.29, 1.82) is 0 Å². The Bertz CT molecular complexity index is 592. The number of hydrogen-bond donors (Lipinski definition) is 0. The van der Waals surface area contributed by atoms with Crippen LogP contribution in [0.3, 0.4) is 0 Å². The van der Waals surface area contributed by atoms with Crippen molar-refractivity contribution in [1.82, 2.24) is 0 Å². The molecular weight excluding hydrogens is 216 g/mol. The van der Waals surface area contributed by atoms with Crippen LogP contribution in [0.1, 0.15) is 16.8 Å². The zero-order valence-corrected chi connectivity index (χ0v) is 8.37. The van der Waals surface area contributed by atoms with Crippen molar-refractivity contribution in [2.45, 2.75) is 11.3 Å². The maximum atomic E-state index is 11.7. The first-order valence-corrected chi connectivity index (χ1v) is 5.67. The van der Waals surface area contributed by atoms with E-state index in [1.165, 1.54) is 24.1 Å². The first kappa shape index (κ1) is 9.83. The second-order valence-corrected chi connectivity index (χ2v) is 5.06. The molecule has 0 aromatic heterocycles. The first-order chi connectivity index (χ1) is 7.07. The quantitative estimate of drug-likeness (QED) is 0.608. The summed E-state index contributed by atoms with van der Waals surface area (Å²) in [6.45, 7) is 0. The Morgan fingerprint density at radius 2 is 1.87 bits per heavy atom. The molecular formula is C10H6O4S. The molecule has 1 aromatic carbocycles. The molecule has 1 aliphatic rings. The number of carbonyl (C=O) groups excluding carboxylic acids is 2. The van der Waals surface area contributed by atoms with Gasteiger partial charge in [-0.25, -0.2) is 13.2 Å². The van der Waals surface area contributed by atoms with Crippen LogP contribution >= 0.6 is 0 Å². The summed E-state index contributed by atoms with van der Waals surface area (Å²) < 4.78 is 23.5. The van der Waals surface area contributed by atoms with Gasteiger partial charge in [-0.3, -0.25) is 4.79 Å². The standard InChI is InChI=1S/C10H6O4S/c11-6-7-5-9(12)8-3-1-2-4-10(8)15(7,13)14/h1-4H,5H2. The molecule has 0 saturated carbocycles. The van der Waals surface area contributed by atoms with Gasteiger partial charge < -0.3 is 0 Å². The Morgan fingerprint density at radius 1 is 1.20 bits per heavy atom. The molecule has 15 heavy (non-hydrogen) atoms. The van der Waals surface area contributed by atoms with E-state index < -0.39 is 14.7 Å². The van der Waals surface area contributed by atoms with Crippen molar-refractivity contribution in [2.24, 2.45) is 0 Å². The molecule has 1 heterocycles. The van der Waals surface area contributed by atoms with Crippen LogP contribution in [-0.2, 0) is 14.6 Å². The summed E-state index contributed by atoms with van der Waals surface area (Å²) >= 11 is 0. The number of sulfone groups is 1. The van der Waals surface area contributed by atoms with Gasteiger partial charge in [0.15, 0.2) is 5.78 Å². The second-order valence-electron chi connectivity index (χ2n) is 3.12. The fraction of sp³-hybridized carbons (Fsp3) is 0.100. The lowest BCUT2D eigenvalue weighted by molar-refractivity contribution is 0.0989. The van der Waals surface area contributed by atoms with Gasteiger partial charge in [0.25, 0.3) is 0 Å². The van der Waals surface area contributed by atoms with E-state index in [2.05, 4.69) is 0 Å². The molecule has 0 spiro atoms. The second kappa shape index (κ2) is 3.15. The van der Waals surface area contributed by atoms with E-state index in [1.807, 2.05) is 0 Å². The molecule has 0 radical (unpaired) electrons. The van der Waals surface area contributed by atoms with Crippen LogP contribution in [0.5, 0.6) is 0 Å². The Balaban J connectivity index is 2.86. The van der Waals surface area contributed by atoms with Crippen LogP contribution in [0.15, 0.2) is 34.1 Å². The maximum absolute atomic E-state index is 11.7. The highest BCUT2D eigenvalue weighted by Gasteiger charge is 2.33. The summed E-state index contributed by atoms with van der Waals surface area (Å²) in [7, 11) is -3.79. The third kappa shape index (κ3) is 1.33. The molecule has 1 aliphatic heterocycles. The number of Topliss-reactive ketones (excluding diaryl/α,β-unsaturated/α-hetero) is 1. The zero-order chi connectivity index (χ0) is 11.1. The van der Waals surface area contributed by atoms with Gasteiger partial charge in [0.2, 0.25) is 9.84 Å². The third-order valence-corrected chi connectivity index (χ3v) is 4.05. The average Bonchev–Trinajstić information content (AvgIpc) is 2.24. The number of benzene rings is 1.